The molecule has 1 atom stereocenters. The number of ether oxygens (including phenoxy) is 1. The first-order valence-corrected chi connectivity index (χ1v) is 19.6. The highest BCUT2D eigenvalue weighted by Crippen LogP contribution is 2.18. The smallest absolute Gasteiger partial charge is 0.306 e. The first-order valence-electron chi connectivity index (χ1n) is 19.6. The summed E-state index contributed by atoms with van der Waals surface area (Å²) in [7, 11) is 0. The number of hydrogen-bond donors (Lipinski definition) is 1. The monoisotopic (exact) mass is 643 g/mol. The largest absolute Gasteiger partial charge is 0.481 e. The third-order valence-corrected chi connectivity index (χ3v) is 8.55. The zero-order valence-electron chi connectivity index (χ0n) is 30.4. The van der Waals surface area contributed by atoms with Gasteiger partial charge in [0, 0.05) is 12.8 Å². The molecule has 0 saturated carbocycles. The molecule has 0 aromatic heterocycles. The van der Waals surface area contributed by atoms with E-state index < -0.39 is 5.97 Å². The fourth-order valence-corrected chi connectivity index (χ4v) is 5.65. The molecule has 0 aliphatic carbocycles. The van der Waals surface area contributed by atoms with Crippen LogP contribution in [-0.4, -0.2) is 23.1 Å². The SMILES string of the molecule is CCCCC/C=C\C/C=C\C/C=C\C/C=C\CCCC(=O)OC(CCCCCCCCCCCCCC)CCCCCCC(=O)O. The molecule has 0 radical (unpaired) electrons. The van der Waals surface area contributed by atoms with Gasteiger partial charge in [0.15, 0.2) is 0 Å². The lowest BCUT2D eigenvalue weighted by Crippen LogP contribution is -2.18. The van der Waals surface area contributed by atoms with Crippen molar-refractivity contribution < 1.29 is 19.4 Å². The summed E-state index contributed by atoms with van der Waals surface area (Å²) in [6.07, 6.45) is 49.8. The maximum Gasteiger partial charge on any atom is 0.306 e. The van der Waals surface area contributed by atoms with Crippen molar-refractivity contribution in [2.75, 3.05) is 0 Å². The first kappa shape index (κ1) is 43.9. The van der Waals surface area contributed by atoms with Gasteiger partial charge in [-0.2, -0.15) is 0 Å². The molecule has 0 aliphatic heterocycles. The lowest BCUT2D eigenvalue weighted by Gasteiger charge is -2.18. The second-order valence-corrected chi connectivity index (χ2v) is 13.1. The molecule has 0 aromatic carbocycles. The molecule has 0 aliphatic rings. The van der Waals surface area contributed by atoms with Crippen molar-refractivity contribution in [1.29, 1.82) is 0 Å². The first-order chi connectivity index (χ1) is 22.6. The Kier molecular flexibility index (Phi) is 35.7. The van der Waals surface area contributed by atoms with E-state index in [-0.39, 0.29) is 18.5 Å². The van der Waals surface area contributed by atoms with Gasteiger partial charge in [-0.3, -0.25) is 9.59 Å². The molecule has 4 nitrogen and oxygen atoms in total. The Morgan fingerprint density at radius 2 is 0.870 bits per heavy atom. The highest BCUT2D eigenvalue weighted by atomic mass is 16.5. The van der Waals surface area contributed by atoms with Crippen LogP contribution in [0.15, 0.2) is 48.6 Å². The molecule has 266 valence electrons. The van der Waals surface area contributed by atoms with Crippen molar-refractivity contribution in [3.8, 4) is 0 Å². The minimum Gasteiger partial charge on any atom is -0.481 e. The molecular weight excluding hydrogens is 568 g/mol. The minimum absolute atomic E-state index is 0.00615. The van der Waals surface area contributed by atoms with Crippen molar-refractivity contribution in [3.05, 3.63) is 48.6 Å². The number of hydrogen-bond acceptors (Lipinski definition) is 3. The van der Waals surface area contributed by atoms with Crippen LogP contribution < -0.4 is 0 Å². The highest BCUT2D eigenvalue weighted by Gasteiger charge is 2.14. The topological polar surface area (TPSA) is 63.6 Å². The van der Waals surface area contributed by atoms with Gasteiger partial charge < -0.3 is 9.84 Å². The van der Waals surface area contributed by atoms with Gasteiger partial charge in [0.2, 0.25) is 0 Å². The Morgan fingerprint density at radius 1 is 0.478 bits per heavy atom. The summed E-state index contributed by atoms with van der Waals surface area (Å²) in [6, 6.07) is 0. The van der Waals surface area contributed by atoms with Crippen LogP contribution in [-0.2, 0) is 14.3 Å². The Morgan fingerprint density at radius 3 is 1.35 bits per heavy atom. The van der Waals surface area contributed by atoms with E-state index in [2.05, 4.69) is 62.5 Å². The predicted octanol–water partition coefficient (Wildman–Crippen LogP) is 13.6. The van der Waals surface area contributed by atoms with Gasteiger partial charge in [-0.05, 0) is 77.0 Å². The summed E-state index contributed by atoms with van der Waals surface area (Å²) >= 11 is 0. The van der Waals surface area contributed by atoms with E-state index in [9.17, 15) is 9.59 Å². The minimum atomic E-state index is -0.718. The van der Waals surface area contributed by atoms with E-state index in [0.717, 1.165) is 77.0 Å². The number of unbranched alkanes of at least 4 members (excludes halogenated alkanes) is 18. The van der Waals surface area contributed by atoms with E-state index in [1.165, 1.54) is 96.3 Å². The van der Waals surface area contributed by atoms with Gasteiger partial charge in [0.1, 0.15) is 6.10 Å². The molecule has 0 fully saturated rings. The number of rotatable bonds is 35. The van der Waals surface area contributed by atoms with Crippen LogP contribution in [0.3, 0.4) is 0 Å². The van der Waals surface area contributed by atoms with Crippen LogP contribution in [0.5, 0.6) is 0 Å². The van der Waals surface area contributed by atoms with Gasteiger partial charge in [-0.25, -0.2) is 0 Å². The van der Waals surface area contributed by atoms with Gasteiger partial charge in [-0.15, -0.1) is 0 Å². The summed E-state index contributed by atoms with van der Waals surface area (Å²) in [4.78, 5) is 23.4. The van der Waals surface area contributed by atoms with Crippen molar-refractivity contribution in [2.24, 2.45) is 0 Å². The zero-order chi connectivity index (χ0) is 33.6. The van der Waals surface area contributed by atoms with E-state index in [4.69, 9.17) is 9.84 Å². The number of carbonyl (C=O) groups is 2. The van der Waals surface area contributed by atoms with Crippen LogP contribution in [0.1, 0.15) is 200 Å². The summed E-state index contributed by atoms with van der Waals surface area (Å²) in [5, 5.41) is 8.84. The van der Waals surface area contributed by atoms with E-state index >= 15 is 0 Å². The predicted molar refractivity (Wildman–Crippen MR) is 199 cm³/mol. The van der Waals surface area contributed by atoms with Crippen molar-refractivity contribution in [2.45, 2.75) is 206 Å². The number of carboxylic acid groups (broad SMARTS) is 1. The quantitative estimate of drug-likeness (QED) is 0.0424. The Hall–Kier alpha value is -2.10. The van der Waals surface area contributed by atoms with Crippen molar-refractivity contribution >= 4 is 11.9 Å². The highest BCUT2D eigenvalue weighted by molar-refractivity contribution is 5.69. The summed E-state index contributed by atoms with van der Waals surface area (Å²) < 4.78 is 5.95. The second-order valence-electron chi connectivity index (χ2n) is 13.1. The van der Waals surface area contributed by atoms with Crippen LogP contribution >= 0.6 is 0 Å². The second kappa shape index (κ2) is 37.4. The summed E-state index contributed by atoms with van der Waals surface area (Å²) in [6.45, 7) is 4.51. The Balaban J connectivity index is 4.12. The van der Waals surface area contributed by atoms with Crippen molar-refractivity contribution in [1.82, 2.24) is 0 Å². The maximum absolute atomic E-state index is 12.6. The molecule has 0 heterocycles. The molecule has 1 N–H and O–H groups in total. The standard InChI is InChI=1S/C42H74O4/c1-3-5-7-9-11-13-15-17-18-19-20-21-23-25-27-29-35-39-42(45)46-40(37-33-30-31-34-38-41(43)44)36-32-28-26-24-22-16-14-12-10-8-6-4-2/h11,13,17-18,20-21,25,27,40H,3-10,12,14-16,19,22-24,26,28-39H2,1-2H3,(H,43,44)/b13-11-,18-17-,21-20-,27-25-. The molecule has 1 unspecified atom stereocenters. The third-order valence-electron chi connectivity index (χ3n) is 8.55. The van der Waals surface area contributed by atoms with Gasteiger partial charge in [0.05, 0.1) is 0 Å². The molecule has 0 amide bonds. The molecule has 0 rings (SSSR count). The number of aliphatic carboxylic acids is 1. The molecule has 0 saturated heterocycles. The molecule has 0 spiro atoms. The number of allylic oxidation sites excluding steroid dienone is 8. The zero-order valence-corrected chi connectivity index (χ0v) is 30.4. The van der Waals surface area contributed by atoms with Gasteiger partial charge >= 0.3 is 11.9 Å². The number of carboxylic acids is 1. The fraction of sp³-hybridized carbons (Fsp3) is 0.762. The summed E-state index contributed by atoms with van der Waals surface area (Å²) in [5.74, 6) is -0.782. The number of esters is 1. The molecular formula is C42H74O4. The molecule has 0 bridgehead atoms. The Labute approximate surface area is 285 Å². The summed E-state index contributed by atoms with van der Waals surface area (Å²) in [5.41, 5.74) is 0. The van der Waals surface area contributed by atoms with Gasteiger partial charge in [0.25, 0.3) is 0 Å². The van der Waals surface area contributed by atoms with Crippen LogP contribution in [0.25, 0.3) is 0 Å². The van der Waals surface area contributed by atoms with Crippen molar-refractivity contribution in [3.63, 3.8) is 0 Å². The average molecular weight is 643 g/mol. The van der Waals surface area contributed by atoms with E-state index in [0.29, 0.717) is 6.42 Å². The lowest BCUT2D eigenvalue weighted by molar-refractivity contribution is -0.150. The Bertz CT molecular complexity index is 779. The van der Waals surface area contributed by atoms with E-state index in [1.54, 1.807) is 0 Å². The van der Waals surface area contributed by atoms with Crippen LogP contribution in [0.2, 0.25) is 0 Å². The van der Waals surface area contributed by atoms with Crippen LogP contribution in [0, 0.1) is 0 Å². The lowest BCUT2D eigenvalue weighted by atomic mass is 10.0. The van der Waals surface area contributed by atoms with Gasteiger partial charge in [-0.1, -0.05) is 159 Å². The fourth-order valence-electron chi connectivity index (χ4n) is 5.65. The maximum atomic E-state index is 12.6. The number of carbonyl (C=O) groups excluding carboxylic acids is 1. The van der Waals surface area contributed by atoms with E-state index in [1.807, 2.05) is 0 Å². The third kappa shape index (κ3) is 36.4. The average Bonchev–Trinajstić information content (AvgIpc) is 3.04. The normalized spacial score (nSPS) is 12.7. The molecule has 0 aromatic rings. The molecule has 4 heteroatoms. The van der Waals surface area contributed by atoms with Crippen LogP contribution in [0.4, 0.5) is 0 Å². The molecule has 46 heavy (non-hydrogen) atoms.